The van der Waals surface area contributed by atoms with Crippen LogP contribution in [0.5, 0.6) is 5.75 Å². The highest BCUT2D eigenvalue weighted by Gasteiger charge is 2.27. The van der Waals surface area contributed by atoms with Gasteiger partial charge in [0.15, 0.2) is 0 Å². The van der Waals surface area contributed by atoms with Crippen molar-refractivity contribution >= 4 is 0 Å². The molecule has 0 fully saturated rings. The van der Waals surface area contributed by atoms with E-state index < -0.39 is 49.1 Å². The van der Waals surface area contributed by atoms with Gasteiger partial charge < -0.3 is 19.3 Å². The van der Waals surface area contributed by atoms with Crippen LogP contribution in [0.2, 0.25) is 0 Å². The molecular formula is C16H20F5N3O4. The summed E-state index contributed by atoms with van der Waals surface area (Å²) in [5.41, 5.74) is 8.62. The third kappa shape index (κ3) is 9.70. The van der Waals surface area contributed by atoms with Crippen LogP contribution >= 0.6 is 0 Å². The fourth-order valence-corrected chi connectivity index (χ4v) is 2.14. The molecule has 0 heterocycles. The molecule has 0 radical (unpaired) electrons. The lowest BCUT2D eigenvalue weighted by molar-refractivity contribution is -0.148. The molecule has 0 aliphatic heterocycles. The Morgan fingerprint density at radius 2 is 1.82 bits per heavy atom. The molecule has 1 aromatic rings. The highest BCUT2D eigenvalue weighted by Crippen LogP contribution is 2.20. The van der Waals surface area contributed by atoms with Crippen LogP contribution in [-0.4, -0.2) is 56.5 Å². The van der Waals surface area contributed by atoms with E-state index in [0.717, 1.165) is 12.1 Å². The van der Waals surface area contributed by atoms with Gasteiger partial charge in [-0.1, -0.05) is 5.11 Å². The first-order chi connectivity index (χ1) is 13.1. The fourth-order valence-electron chi connectivity index (χ4n) is 2.14. The van der Waals surface area contributed by atoms with Crippen molar-refractivity contribution in [3.8, 4) is 5.75 Å². The number of halogens is 5. The van der Waals surface area contributed by atoms with Crippen LogP contribution in [0.15, 0.2) is 23.3 Å². The van der Waals surface area contributed by atoms with Crippen molar-refractivity contribution in [1.82, 2.24) is 0 Å². The van der Waals surface area contributed by atoms with E-state index in [1.54, 1.807) is 0 Å². The molecule has 3 atom stereocenters. The number of azide groups is 1. The second-order valence-electron chi connectivity index (χ2n) is 5.79. The van der Waals surface area contributed by atoms with Crippen LogP contribution < -0.4 is 4.74 Å². The molecular weight excluding hydrogens is 393 g/mol. The lowest BCUT2D eigenvalue weighted by Crippen LogP contribution is -2.35. The summed E-state index contributed by atoms with van der Waals surface area (Å²) in [5.74, 6) is -1.90. The first-order valence-electron chi connectivity index (χ1n) is 8.13. The Morgan fingerprint density at radius 3 is 2.36 bits per heavy atom. The van der Waals surface area contributed by atoms with Gasteiger partial charge in [-0.2, -0.15) is 13.2 Å². The van der Waals surface area contributed by atoms with Gasteiger partial charge in [-0.25, -0.2) is 8.78 Å². The fraction of sp³-hybridized carbons (Fsp3) is 0.625. The minimum Gasteiger partial charge on any atom is -0.493 e. The van der Waals surface area contributed by atoms with Gasteiger partial charge in [0.1, 0.15) is 17.4 Å². The molecule has 0 saturated heterocycles. The van der Waals surface area contributed by atoms with E-state index in [9.17, 15) is 27.1 Å². The number of aliphatic hydroxyl groups is 1. The third-order valence-electron chi connectivity index (χ3n) is 3.57. The van der Waals surface area contributed by atoms with Gasteiger partial charge in [0.2, 0.25) is 0 Å². The van der Waals surface area contributed by atoms with Crippen LogP contribution in [0.3, 0.4) is 0 Å². The van der Waals surface area contributed by atoms with Crippen molar-refractivity contribution in [2.45, 2.75) is 37.3 Å². The van der Waals surface area contributed by atoms with Crippen molar-refractivity contribution in [2.75, 3.05) is 26.9 Å². The van der Waals surface area contributed by atoms with Gasteiger partial charge in [0, 0.05) is 36.6 Å². The Kier molecular flexibility index (Phi) is 9.94. The number of methoxy groups -OCH3 is 1. The Labute approximate surface area is 157 Å². The summed E-state index contributed by atoms with van der Waals surface area (Å²) in [4.78, 5) is 2.58. The van der Waals surface area contributed by atoms with E-state index in [2.05, 4.69) is 10.0 Å². The first kappa shape index (κ1) is 23.9. The predicted molar refractivity (Wildman–Crippen MR) is 87.7 cm³/mol. The highest BCUT2D eigenvalue weighted by atomic mass is 19.4. The minimum absolute atomic E-state index is 0.132. The van der Waals surface area contributed by atoms with Crippen LogP contribution in [0.4, 0.5) is 22.0 Å². The summed E-state index contributed by atoms with van der Waals surface area (Å²) in [6.45, 7) is -1.17. The van der Waals surface area contributed by atoms with Crippen molar-refractivity contribution in [3.05, 3.63) is 40.3 Å². The normalized spacial score (nSPS) is 14.8. The van der Waals surface area contributed by atoms with Gasteiger partial charge in [0.05, 0.1) is 44.5 Å². The standard InChI is InChI=1S/C16H20F5N3O4/c1-26-13(8-27-3-2-16(19,20)21)7-15(25)14(23-24-22)9-28-12-5-10(17)4-11(18)6-12/h4-6,13-15,25H,2-3,7-9H2,1H3/t13-,14+,15+/m1/s1. The number of rotatable bonds is 12. The first-order valence-corrected chi connectivity index (χ1v) is 8.13. The van der Waals surface area contributed by atoms with Crippen molar-refractivity contribution < 1.29 is 41.3 Å². The molecule has 0 aliphatic rings. The van der Waals surface area contributed by atoms with E-state index in [-0.39, 0.29) is 25.4 Å². The number of hydrogen-bond acceptors (Lipinski definition) is 5. The summed E-state index contributed by atoms with van der Waals surface area (Å²) in [5, 5.41) is 13.6. The van der Waals surface area contributed by atoms with Crippen LogP contribution in [0.25, 0.3) is 10.4 Å². The molecule has 0 aliphatic carbocycles. The molecule has 0 aromatic heterocycles. The Balaban J connectivity index is 2.57. The molecule has 1 N–H and O–H groups in total. The maximum atomic E-state index is 13.1. The number of ether oxygens (including phenoxy) is 3. The second kappa shape index (κ2) is 11.6. The van der Waals surface area contributed by atoms with E-state index >= 15 is 0 Å². The molecule has 0 spiro atoms. The van der Waals surface area contributed by atoms with E-state index in [1.807, 2.05) is 0 Å². The molecule has 7 nitrogen and oxygen atoms in total. The smallest absolute Gasteiger partial charge is 0.391 e. The number of nitrogens with zero attached hydrogens (tertiary/aromatic N) is 3. The molecule has 0 unspecified atom stereocenters. The average molecular weight is 413 g/mol. The van der Waals surface area contributed by atoms with Gasteiger partial charge in [-0.3, -0.25) is 0 Å². The van der Waals surface area contributed by atoms with Gasteiger partial charge in [0.25, 0.3) is 0 Å². The van der Waals surface area contributed by atoms with Gasteiger partial charge >= 0.3 is 6.18 Å². The maximum Gasteiger partial charge on any atom is 0.391 e. The van der Waals surface area contributed by atoms with Crippen LogP contribution in [0.1, 0.15) is 12.8 Å². The summed E-state index contributed by atoms with van der Waals surface area (Å²) in [7, 11) is 1.28. The summed E-state index contributed by atoms with van der Waals surface area (Å²) < 4.78 is 77.6. The largest absolute Gasteiger partial charge is 0.493 e. The van der Waals surface area contributed by atoms with E-state index in [0.29, 0.717) is 6.07 Å². The Morgan fingerprint density at radius 1 is 1.18 bits per heavy atom. The molecule has 12 heteroatoms. The molecule has 28 heavy (non-hydrogen) atoms. The zero-order chi connectivity index (χ0) is 21.2. The maximum absolute atomic E-state index is 13.1. The summed E-state index contributed by atoms with van der Waals surface area (Å²) >= 11 is 0. The quantitative estimate of drug-likeness (QED) is 0.186. The highest BCUT2D eigenvalue weighted by molar-refractivity contribution is 5.23. The number of hydrogen-bond donors (Lipinski definition) is 1. The Bertz CT molecular complexity index is 635. The number of aliphatic hydroxyl groups excluding tert-OH is 1. The third-order valence-corrected chi connectivity index (χ3v) is 3.57. The minimum atomic E-state index is -4.34. The number of alkyl halides is 3. The topological polar surface area (TPSA) is 96.7 Å². The Hall–Kier alpha value is -2.14. The van der Waals surface area contributed by atoms with Gasteiger partial charge in [-0.05, 0) is 5.53 Å². The molecule has 0 bridgehead atoms. The average Bonchev–Trinajstić information content (AvgIpc) is 2.59. The summed E-state index contributed by atoms with van der Waals surface area (Å²) in [6.07, 6.45) is -7.67. The van der Waals surface area contributed by atoms with Gasteiger partial charge in [-0.15, -0.1) is 0 Å². The second-order valence-corrected chi connectivity index (χ2v) is 5.79. The molecule has 0 saturated carbocycles. The summed E-state index contributed by atoms with van der Waals surface area (Å²) in [6, 6.07) is 1.34. The van der Waals surface area contributed by atoms with E-state index in [1.165, 1.54) is 7.11 Å². The van der Waals surface area contributed by atoms with Crippen molar-refractivity contribution in [2.24, 2.45) is 5.11 Å². The van der Waals surface area contributed by atoms with Crippen LogP contribution in [0, 0.1) is 11.6 Å². The van der Waals surface area contributed by atoms with Crippen molar-refractivity contribution in [3.63, 3.8) is 0 Å². The molecule has 1 aromatic carbocycles. The lowest BCUT2D eigenvalue weighted by Gasteiger charge is -2.23. The molecule has 158 valence electrons. The monoisotopic (exact) mass is 413 g/mol. The van der Waals surface area contributed by atoms with E-state index in [4.69, 9.17) is 19.7 Å². The SMILES string of the molecule is CO[C@@H](COCCC(F)(F)F)C[C@H](O)[C@H](COc1cc(F)cc(F)c1)N=[N+]=[N-]. The lowest BCUT2D eigenvalue weighted by atomic mass is 10.1. The van der Waals surface area contributed by atoms with Crippen LogP contribution in [-0.2, 0) is 9.47 Å². The molecule has 0 amide bonds. The zero-order valence-corrected chi connectivity index (χ0v) is 14.9. The van der Waals surface area contributed by atoms with Crippen molar-refractivity contribution in [1.29, 1.82) is 0 Å². The predicted octanol–water partition coefficient (Wildman–Crippen LogP) is 3.76. The zero-order valence-electron chi connectivity index (χ0n) is 14.9. The molecule has 1 rings (SSSR count). The number of benzene rings is 1.